The monoisotopic (exact) mass is 344 g/mol. The van der Waals surface area contributed by atoms with Gasteiger partial charge in [-0.3, -0.25) is 14.5 Å². The number of rotatable bonds is 4. The van der Waals surface area contributed by atoms with Crippen molar-refractivity contribution in [2.75, 3.05) is 26.7 Å². The molecule has 1 aromatic carbocycles. The Labute approximate surface area is 139 Å². The first-order valence-corrected chi connectivity index (χ1v) is 7.81. The highest BCUT2D eigenvalue weighted by molar-refractivity contribution is 6.39. The number of nitrogens with zero attached hydrogens (tertiary/aromatic N) is 2. The lowest BCUT2D eigenvalue weighted by Crippen LogP contribution is -2.46. The van der Waals surface area contributed by atoms with E-state index >= 15 is 0 Å². The SMILES string of the molecule is CN(CC(=O)O)C1CCN(C(=O)c2c(Cl)cccc2Cl)CC1. The van der Waals surface area contributed by atoms with Gasteiger partial charge in [0.15, 0.2) is 0 Å². The first-order valence-electron chi connectivity index (χ1n) is 7.05. The molecule has 0 unspecified atom stereocenters. The standard InChI is InChI=1S/C15H18Cl2N2O3/c1-18(9-13(20)21)10-5-7-19(8-6-10)15(22)14-11(16)3-2-4-12(14)17/h2-4,10H,5-9H2,1H3,(H,20,21). The van der Waals surface area contributed by atoms with Gasteiger partial charge >= 0.3 is 5.97 Å². The van der Waals surface area contributed by atoms with Gasteiger partial charge in [-0.15, -0.1) is 0 Å². The van der Waals surface area contributed by atoms with Crippen LogP contribution in [0.15, 0.2) is 18.2 Å². The maximum absolute atomic E-state index is 12.5. The van der Waals surface area contributed by atoms with Gasteiger partial charge in [0.1, 0.15) is 0 Å². The van der Waals surface area contributed by atoms with Crippen LogP contribution in [0, 0.1) is 0 Å². The molecule has 1 amide bonds. The van der Waals surface area contributed by atoms with Crippen LogP contribution in [0.5, 0.6) is 0 Å². The molecule has 1 fully saturated rings. The predicted octanol–water partition coefficient (Wildman–Crippen LogP) is 2.61. The molecule has 0 aliphatic carbocycles. The highest BCUT2D eigenvalue weighted by Crippen LogP contribution is 2.27. The van der Waals surface area contributed by atoms with Crippen LogP contribution in [0.1, 0.15) is 23.2 Å². The Bertz CT molecular complexity index is 552. The Morgan fingerprint density at radius 1 is 1.27 bits per heavy atom. The van der Waals surface area contributed by atoms with Crippen LogP contribution in [0.25, 0.3) is 0 Å². The van der Waals surface area contributed by atoms with E-state index < -0.39 is 5.97 Å². The number of amides is 1. The van der Waals surface area contributed by atoms with Crippen molar-refractivity contribution in [3.05, 3.63) is 33.8 Å². The summed E-state index contributed by atoms with van der Waals surface area (Å²) in [5, 5.41) is 9.53. The van der Waals surface area contributed by atoms with Crippen molar-refractivity contribution in [3.63, 3.8) is 0 Å². The van der Waals surface area contributed by atoms with Crippen molar-refractivity contribution in [1.29, 1.82) is 0 Å². The summed E-state index contributed by atoms with van der Waals surface area (Å²) < 4.78 is 0. The molecule has 0 aromatic heterocycles. The van der Waals surface area contributed by atoms with Gasteiger partial charge in [0, 0.05) is 19.1 Å². The first kappa shape index (κ1) is 17.1. The van der Waals surface area contributed by atoms with E-state index in [1.807, 2.05) is 4.90 Å². The Morgan fingerprint density at radius 3 is 2.32 bits per heavy atom. The minimum Gasteiger partial charge on any atom is -0.480 e. The smallest absolute Gasteiger partial charge is 0.317 e. The number of carbonyl (C=O) groups excluding carboxylic acids is 1. The zero-order valence-electron chi connectivity index (χ0n) is 12.3. The highest BCUT2D eigenvalue weighted by Gasteiger charge is 2.28. The summed E-state index contributed by atoms with van der Waals surface area (Å²) in [5.41, 5.74) is 0.336. The van der Waals surface area contributed by atoms with E-state index in [0.717, 1.165) is 12.8 Å². The zero-order chi connectivity index (χ0) is 16.3. The summed E-state index contributed by atoms with van der Waals surface area (Å²) in [5.74, 6) is -1.02. The van der Waals surface area contributed by atoms with Gasteiger partial charge in [-0.05, 0) is 32.0 Å². The van der Waals surface area contributed by atoms with E-state index in [4.69, 9.17) is 28.3 Å². The molecule has 1 aliphatic rings. The Hall–Kier alpha value is -1.30. The molecule has 0 saturated carbocycles. The molecule has 1 aromatic rings. The van der Waals surface area contributed by atoms with Crippen molar-refractivity contribution in [3.8, 4) is 0 Å². The minimum atomic E-state index is -0.844. The molecule has 1 N–H and O–H groups in total. The average molecular weight is 345 g/mol. The van der Waals surface area contributed by atoms with E-state index in [-0.39, 0.29) is 18.5 Å². The van der Waals surface area contributed by atoms with Crippen LogP contribution in [-0.2, 0) is 4.79 Å². The average Bonchev–Trinajstić information content (AvgIpc) is 2.46. The van der Waals surface area contributed by atoms with Crippen LogP contribution >= 0.6 is 23.2 Å². The number of likely N-dealkylation sites (N-methyl/N-ethyl adjacent to an activating group) is 1. The summed E-state index contributed by atoms with van der Waals surface area (Å²) in [6.45, 7) is 1.14. The van der Waals surface area contributed by atoms with Gasteiger partial charge < -0.3 is 10.0 Å². The Morgan fingerprint density at radius 2 is 1.82 bits per heavy atom. The van der Waals surface area contributed by atoms with Gasteiger partial charge in [0.05, 0.1) is 22.2 Å². The second-order valence-corrected chi connectivity index (χ2v) is 6.24. The molecule has 0 atom stereocenters. The quantitative estimate of drug-likeness (QED) is 0.911. The van der Waals surface area contributed by atoms with E-state index in [1.165, 1.54) is 0 Å². The normalized spacial score (nSPS) is 16.1. The highest BCUT2D eigenvalue weighted by atomic mass is 35.5. The Kier molecular flexibility index (Phi) is 5.67. The number of carboxylic acid groups (broad SMARTS) is 1. The van der Waals surface area contributed by atoms with Crippen LogP contribution in [0.4, 0.5) is 0 Å². The third-order valence-corrected chi connectivity index (χ3v) is 4.57. The summed E-state index contributed by atoms with van der Waals surface area (Å²) in [4.78, 5) is 26.8. The fraction of sp³-hybridized carbons (Fsp3) is 0.467. The largest absolute Gasteiger partial charge is 0.480 e. The number of likely N-dealkylation sites (tertiary alicyclic amines) is 1. The van der Waals surface area contributed by atoms with Crippen molar-refractivity contribution >= 4 is 35.1 Å². The second-order valence-electron chi connectivity index (χ2n) is 5.43. The summed E-state index contributed by atoms with van der Waals surface area (Å²) in [6.07, 6.45) is 1.47. The Balaban J connectivity index is 2.00. The lowest BCUT2D eigenvalue weighted by atomic mass is 10.0. The summed E-state index contributed by atoms with van der Waals surface area (Å²) in [7, 11) is 1.79. The molecular weight excluding hydrogens is 327 g/mol. The zero-order valence-corrected chi connectivity index (χ0v) is 13.8. The van der Waals surface area contributed by atoms with Crippen LogP contribution in [0.2, 0.25) is 10.0 Å². The van der Waals surface area contributed by atoms with Crippen molar-refractivity contribution in [2.24, 2.45) is 0 Å². The van der Waals surface area contributed by atoms with Gasteiger partial charge in [-0.25, -0.2) is 0 Å². The van der Waals surface area contributed by atoms with Gasteiger partial charge in [0.25, 0.3) is 5.91 Å². The third kappa shape index (κ3) is 3.91. The van der Waals surface area contributed by atoms with Crippen molar-refractivity contribution < 1.29 is 14.7 Å². The number of aliphatic carboxylic acids is 1. The number of carbonyl (C=O) groups is 2. The molecule has 1 aliphatic heterocycles. The lowest BCUT2D eigenvalue weighted by molar-refractivity contribution is -0.138. The predicted molar refractivity (Wildman–Crippen MR) is 85.7 cm³/mol. The van der Waals surface area contributed by atoms with Gasteiger partial charge in [0.2, 0.25) is 0 Å². The number of piperidine rings is 1. The number of halogens is 2. The molecule has 2 rings (SSSR count). The maximum atomic E-state index is 12.5. The number of benzene rings is 1. The minimum absolute atomic E-state index is 0.00888. The number of carboxylic acids is 1. The lowest BCUT2D eigenvalue weighted by Gasteiger charge is -2.36. The molecule has 0 radical (unpaired) electrons. The molecule has 7 heteroatoms. The topological polar surface area (TPSA) is 60.9 Å². The molecule has 1 saturated heterocycles. The first-order chi connectivity index (χ1) is 10.4. The van der Waals surface area contributed by atoms with Crippen molar-refractivity contribution in [1.82, 2.24) is 9.80 Å². The van der Waals surface area contributed by atoms with E-state index in [1.54, 1.807) is 30.1 Å². The molecular formula is C15H18Cl2N2O3. The molecule has 120 valence electrons. The van der Waals surface area contributed by atoms with Crippen LogP contribution < -0.4 is 0 Å². The maximum Gasteiger partial charge on any atom is 0.317 e. The fourth-order valence-electron chi connectivity index (χ4n) is 2.71. The number of hydrogen-bond acceptors (Lipinski definition) is 3. The fourth-order valence-corrected chi connectivity index (χ4v) is 3.27. The van der Waals surface area contributed by atoms with Gasteiger partial charge in [-0.2, -0.15) is 0 Å². The van der Waals surface area contributed by atoms with E-state index in [0.29, 0.717) is 28.7 Å². The summed E-state index contributed by atoms with van der Waals surface area (Å²) in [6, 6.07) is 5.17. The molecule has 0 bridgehead atoms. The molecule has 22 heavy (non-hydrogen) atoms. The number of hydrogen-bond donors (Lipinski definition) is 1. The van der Waals surface area contributed by atoms with Crippen LogP contribution in [0.3, 0.4) is 0 Å². The van der Waals surface area contributed by atoms with E-state index in [9.17, 15) is 9.59 Å². The summed E-state index contributed by atoms with van der Waals surface area (Å²) >= 11 is 12.1. The van der Waals surface area contributed by atoms with E-state index in [2.05, 4.69) is 0 Å². The van der Waals surface area contributed by atoms with Crippen LogP contribution in [-0.4, -0.2) is 59.5 Å². The third-order valence-electron chi connectivity index (χ3n) is 3.94. The van der Waals surface area contributed by atoms with Gasteiger partial charge in [-0.1, -0.05) is 29.3 Å². The molecule has 0 spiro atoms. The molecule has 1 heterocycles. The molecule has 5 nitrogen and oxygen atoms in total. The second kappa shape index (κ2) is 7.31. The van der Waals surface area contributed by atoms with Crippen molar-refractivity contribution in [2.45, 2.75) is 18.9 Å².